The second-order valence-corrected chi connectivity index (χ2v) is 14.2. The van der Waals surface area contributed by atoms with E-state index in [0.717, 1.165) is 5.57 Å². The maximum absolute atomic E-state index is 13.9. The van der Waals surface area contributed by atoms with Gasteiger partial charge in [0.1, 0.15) is 24.4 Å². The smallest absolute Gasteiger partial charge is 0.339 e. The highest BCUT2D eigenvalue weighted by atomic mass is 17.1. The molecule has 10 nitrogen and oxygen atoms in total. The molecular formula is C40H43NO9. The van der Waals surface area contributed by atoms with Crippen LogP contribution in [-0.2, 0) is 23.8 Å². The van der Waals surface area contributed by atoms with Crippen LogP contribution in [0, 0.1) is 11.3 Å². The maximum Gasteiger partial charge on any atom is 0.339 e. The van der Waals surface area contributed by atoms with Crippen molar-refractivity contribution in [3.8, 4) is 0 Å². The van der Waals surface area contributed by atoms with Gasteiger partial charge < -0.3 is 18.9 Å². The van der Waals surface area contributed by atoms with Crippen LogP contribution in [0.4, 0.5) is 0 Å². The molecule has 0 saturated carbocycles. The van der Waals surface area contributed by atoms with Crippen molar-refractivity contribution in [1.29, 1.82) is 0 Å². The van der Waals surface area contributed by atoms with Gasteiger partial charge in [-0.05, 0) is 95.0 Å². The fraction of sp³-hybridized carbons (Fsp3) is 0.400. The molecule has 3 aliphatic rings. The van der Waals surface area contributed by atoms with E-state index in [-0.39, 0.29) is 31.1 Å². The molecule has 262 valence electrons. The molecule has 1 fully saturated rings. The number of epoxide rings is 1. The van der Waals surface area contributed by atoms with Gasteiger partial charge >= 0.3 is 17.9 Å². The highest BCUT2D eigenvalue weighted by molar-refractivity contribution is 5.90. The molecule has 2 aliphatic carbocycles. The summed E-state index contributed by atoms with van der Waals surface area (Å²) in [5.74, 6) is -2.51. The van der Waals surface area contributed by atoms with Crippen LogP contribution < -0.4 is 0 Å². The molecule has 0 amide bonds. The number of carbonyl (C=O) groups is 3. The van der Waals surface area contributed by atoms with Crippen LogP contribution in [0.25, 0.3) is 0 Å². The van der Waals surface area contributed by atoms with Gasteiger partial charge in [-0.25, -0.2) is 19.3 Å². The molecule has 6 atom stereocenters. The average Bonchev–Trinajstić information content (AvgIpc) is 3.60. The minimum Gasteiger partial charge on any atom is -0.461 e. The summed E-state index contributed by atoms with van der Waals surface area (Å²) in [6, 6.07) is 20.6. The Kier molecular flexibility index (Phi) is 10.1. The van der Waals surface area contributed by atoms with Gasteiger partial charge in [-0.2, -0.15) is 0 Å². The van der Waals surface area contributed by atoms with Crippen molar-refractivity contribution < 1.29 is 43.5 Å². The number of ether oxygens (including phenoxy) is 4. The lowest BCUT2D eigenvalue weighted by Crippen LogP contribution is -2.53. The Labute approximate surface area is 292 Å². The molecule has 1 saturated heterocycles. The van der Waals surface area contributed by atoms with E-state index in [0.29, 0.717) is 29.5 Å². The molecule has 3 aromatic rings. The monoisotopic (exact) mass is 681 g/mol. The van der Waals surface area contributed by atoms with Gasteiger partial charge in [-0.3, -0.25) is 10.2 Å². The van der Waals surface area contributed by atoms with Crippen molar-refractivity contribution in [2.45, 2.75) is 82.9 Å². The molecule has 6 rings (SSSR count). The third-order valence-electron chi connectivity index (χ3n) is 10.3. The summed E-state index contributed by atoms with van der Waals surface area (Å²) < 4.78 is 25.3. The first-order chi connectivity index (χ1) is 24.0. The van der Waals surface area contributed by atoms with Crippen molar-refractivity contribution in [3.05, 3.63) is 125 Å². The summed E-state index contributed by atoms with van der Waals surface area (Å²) >= 11 is 0. The summed E-state index contributed by atoms with van der Waals surface area (Å²) in [6.07, 6.45) is 6.74. The maximum atomic E-state index is 13.9. The first-order valence-electron chi connectivity index (χ1n) is 16.9. The summed E-state index contributed by atoms with van der Waals surface area (Å²) in [5.41, 5.74) is -0.597. The van der Waals surface area contributed by atoms with E-state index < -0.39 is 52.7 Å². The van der Waals surface area contributed by atoms with Crippen LogP contribution in [-0.4, -0.2) is 64.3 Å². The van der Waals surface area contributed by atoms with E-state index >= 15 is 0 Å². The van der Waals surface area contributed by atoms with Gasteiger partial charge in [0.2, 0.25) is 0 Å². The minimum absolute atomic E-state index is 0.102. The molecule has 50 heavy (non-hydrogen) atoms. The molecule has 1 aliphatic heterocycles. The number of aromatic nitrogens is 1. The third kappa shape index (κ3) is 7.28. The van der Waals surface area contributed by atoms with Crippen molar-refractivity contribution in [1.82, 2.24) is 4.98 Å². The molecule has 0 radical (unpaired) electrons. The number of esters is 3. The molecule has 2 aromatic carbocycles. The summed E-state index contributed by atoms with van der Waals surface area (Å²) in [7, 11) is 0. The lowest BCUT2D eigenvalue weighted by Gasteiger charge is -2.46. The molecule has 0 unspecified atom stereocenters. The number of carbonyl (C=O) groups excluding carboxylic acids is 3. The lowest BCUT2D eigenvalue weighted by molar-refractivity contribution is -0.303. The molecule has 1 aromatic heterocycles. The Morgan fingerprint density at radius 2 is 1.56 bits per heavy atom. The SMILES string of the molecule is CC1=C[C@H](OC(=O)c2ccccc2)[C@@]2(COC(=O)c3ccccc3)CC=C(C(C)(C)OO)[C@@H]2[C@H](OC(=O)c2cccnc2)C[C@]2(C)O[C@@H]2CC1. The van der Waals surface area contributed by atoms with E-state index in [1.165, 1.54) is 6.20 Å². The van der Waals surface area contributed by atoms with Gasteiger partial charge in [0, 0.05) is 24.7 Å². The zero-order valence-electron chi connectivity index (χ0n) is 28.7. The Morgan fingerprint density at radius 1 is 0.920 bits per heavy atom. The van der Waals surface area contributed by atoms with Crippen molar-refractivity contribution in [3.63, 3.8) is 0 Å². The van der Waals surface area contributed by atoms with Gasteiger partial charge in [-0.1, -0.05) is 48.0 Å². The van der Waals surface area contributed by atoms with Gasteiger partial charge in [0.25, 0.3) is 0 Å². The van der Waals surface area contributed by atoms with Crippen molar-refractivity contribution >= 4 is 17.9 Å². The standard InChI is InChI=1S/C40H43NO9/c1-26-17-18-32-39(4,49-32)23-31(47-37(44)29-16-11-21-41-24-29)34-30(38(2,3)50-45)19-20-40(34,25-46-35(42)27-12-7-5-8-13-27)33(22-26)48-36(43)28-14-9-6-10-15-28/h5-16,19,21-22,24,31-34,45H,17-18,20,23,25H2,1-4H3/t31-,32-,33+,34-,39+,40+/m1/s1. The first kappa shape index (κ1) is 35.2. The van der Waals surface area contributed by atoms with E-state index in [9.17, 15) is 19.6 Å². The zero-order valence-corrected chi connectivity index (χ0v) is 28.7. The molecule has 0 bridgehead atoms. The van der Waals surface area contributed by atoms with Gasteiger partial charge in [0.05, 0.1) is 33.8 Å². The summed E-state index contributed by atoms with van der Waals surface area (Å²) in [5, 5.41) is 10.3. The lowest BCUT2D eigenvalue weighted by atomic mass is 9.65. The number of hydrogen-bond donors (Lipinski definition) is 1. The largest absolute Gasteiger partial charge is 0.461 e. The Bertz CT molecular complexity index is 1760. The predicted molar refractivity (Wildman–Crippen MR) is 183 cm³/mol. The first-order valence-corrected chi connectivity index (χ1v) is 16.9. The fourth-order valence-corrected chi connectivity index (χ4v) is 7.41. The highest BCUT2D eigenvalue weighted by Gasteiger charge is 2.62. The highest BCUT2D eigenvalue weighted by Crippen LogP contribution is 2.57. The van der Waals surface area contributed by atoms with Gasteiger partial charge in [-0.15, -0.1) is 0 Å². The second kappa shape index (κ2) is 14.3. The number of allylic oxidation sites excluding steroid dienone is 2. The van der Waals surface area contributed by atoms with Crippen molar-refractivity contribution in [2.24, 2.45) is 11.3 Å². The Morgan fingerprint density at radius 3 is 2.20 bits per heavy atom. The van der Waals surface area contributed by atoms with Crippen LogP contribution in [0.1, 0.15) is 84.5 Å². The molecule has 0 spiro atoms. The fourth-order valence-electron chi connectivity index (χ4n) is 7.41. The number of pyridine rings is 1. The third-order valence-corrected chi connectivity index (χ3v) is 10.3. The second-order valence-electron chi connectivity index (χ2n) is 14.2. The summed E-state index contributed by atoms with van der Waals surface area (Å²) in [4.78, 5) is 50.5. The number of hydrogen-bond acceptors (Lipinski definition) is 10. The van der Waals surface area contributed by atoms with Crippen LogP contribution in [0.5, 0.6) is 0 Å². The Hall–Kier alpha value is -4.64. The van der Waals surface area contributed by atoms with Crippen LogP contribution in [0.15, 0.2) is 108 Å². The van der Waals surface area contributed by atoms with Crippen LogP contribution in [0.2, 0.25) is 0 Å². The molecule has 10 heteroatoms. The number of nitrogens with zero attached hydrogens (tertiary/aromatic N) is 1. The topological polar surface area (TPSA) is 134 Å². The molecular weight excluding hydrogens is 638 g/mol. The molecule has 2 heterocycles. The Balaban J connectivity index is 1.51. The van der Waals surface area contributed by atoms with E-state index in [1.54, 1.807) is 80.7 Å². The van der Waals surface area contributed by atoms with E-state index in [4.69, 9.17) is 23.8 Å². The number of fused-ring (bicyclic) bond motifs is 2. The number of benzene rings is 2. The van der Waals surface area contributed by atoms with Crippen molar-refractivity contribution in [2.75, 3.05) is 6.61 Å². The van der Waals surface area contributed by atoms with E-state index in [2.05, 4.69) is 4.98 Å². The quantitative estimate of drug-likeness (QED) is 0.0618. The van der Waals surface area contributed by atoms with Crippen LogP contribution in [0.3, 0.4) is 0 Å². The average molecular weight is 682 g/mol. The summed E-state index contributed by atoms with van der Waals surface area (Å²) in [6.45, 7) is 7.17. The predicted octanol–water partition coefficient (Wildman–Crippen LogP) is 7.18. The van der Waals surface area contributed by atoms with Crippen LogP contribution >= 0.6 is 0 Å². The molecule has 1 N–H and O–H groups in total. The van der Waals surface area contributed by atoms with Gasteiger partial charge in [0.15, 0.2) is 0 Å². The minimum atomic E-state index is -1.27. The normalized spacial score (nSPS) is 27.7. The number of rotatable bonds is 9. The zero-order chi connectivity index (χ0) is 35.5. The van der Waals surface area contributed by atoms with E-state index in [1.807, 2.05) is 38.1 Å².